The fraction of sp³-hybridized carbons (Fsp3) is 0.583. The van der Waals surface area contributed by atoms with Crippen LogP contribution in [0.4, 0.5) is 10.2 Å². The predicted octanol–water partition coefficient (Wildman–Crippen LogP) is 2.74. The van der Waals surface area contributed by atoms with Gasteiger partial charge in [0.15, 0.2) is 11.6 Å². The van der Waals surface area contributed by atoms with Gasteiger partial charge in [0.05, 0.1) is 0 Å². The molecular weight excluding hydrogens is 285 g/mol. The molecule has 1 aromatic rings. The van der Waals surface area contributed by atoms with Gasteiger partial charge in [-0.05, 0) is 47.9 Å². The van der Waals surface area contributed by atoms with E-state index in [1.165, 1.54) is 6.07 Å². The Morgan fingerprint density at radius 3 is 3.00 bits per heavy atom. The van der Waals surface area contributed by atoms with Crippen LogP contribution in [0.25, 0.3) is 0 Å². The van der Waals surface area contributed by atoms with Crippen molar-refractivity contribution in [2.75, 3.05) is 25.5 Å². The standard InChI is InChI=1S/C12H17BrFN3/c1-8-7-17(2)4-3-11(8)16-12-10(14)5-9(13)6-15-12/h5-6,8,11H,3-4,7H2,1-2H3,(H,15,16). The van der Waals surface area contributed by atoms with Crippen LogP contribution in [-0.2, 0) is 0 Å². The highest BCUT2D eigenvalue weighted by molar-refractivity contribution is 9.10. The van der Waals surface area contributed by atoms with Crippen LogP contribution in [0.1, 0.15) is 13.3 Å². The molecule has 5 heteroatoms. The maximum Gasteiger partial charge on any atom is 0.166 e. The molecule has 0 saturated carbocycles. The maximum absolute atomic E-state index is 13.6. The van der Waals surface area contributed by atoms with Crippen molar-refractivity contribution >= 4 is 21.7 Å². The Labute approximate surface area is 110 Å². The van der Waals surface area contributed by atoms with Gasteiger partial charge in [0, 0.05) is 23.3 Å². The smallest absolute Gasteiger partial charge is 0.166 e. The number of piperidine rings is 1. The summed E-state index contributed by atoms with van der Waals surface area (Å²) in [7, 11) is 2.12. The van der Waals surface area contributed by atoms with Crippen molar-refractivity contribution in [3.05, 3.63) is 22.6 Å². The second kappa shape index (κ2) is 5.31. The first kappa shape index (κ1) is 12.8. The van der Waals surface area contributed by atoms with Crippen LogP contribution >= 0.6 is 15.9 Å². The number of halogens is 2. The summed E-state index contributed by atoms with van der Waals surface area (Å²) in [6.45, 7) is 4.26. The third-order valence-corrected chi connectivity index (χ3v) is 3.67. The van der Waals surface area contributed by atoms with E-state index in [9.17, 15) is 4.39 Å². The van der Waals surface area contributed by atoms with E-state index in [1.54, 1.807) is 6.20 Å². The van der Waals surface area contributed by atoms with Crippen molar-refractivity contribution in [3.8, 4) is 0 Å². The van der Waals surface area contributed by atoms with E-state index >= 15 is 0 Å². The number of hydrogen-bond acceptors (Lipinski definition) is 3. The molecule has 2 unspecified atom stereocenters. The summed E-state index contributed by atoms with van der Waals surface area (Å²) < 4.78 is 14.3. The van der Waals surface area contributed by atoms with Crippen molar-refractivity contribution in [2.24, 2.45) is 5.92 Å². The minimum Gasteiger partial charge on any atom is -0.365 e. The molecule has 94 valence electrons. The van der Waals surface area contributed by atoms with Gasteiger partial charge in [-0.3, -0.25) is 0 Å². The molecule has 3 nitrogen and oxygen atoms in total. The molecule has 1 N–H and O–H groups in total. The zero-order valence-electron chi connectivity index (χ0n) is 10.1. The highest BCUT2D eigenvalue weighted by Crippen LogP contribution is 2.22. The molecule has 1 aromatic heterocycles. The minimum atomic E-state index is -0.300. The Kier molecular flexibility index (Phi) is 3.99. The highest BCUT2D eigenvalue weighted by Gasteiger charge is 2.24. The first-order valence-electron chi connectivity index (χ1n) is 5.82. The number of nitrogens with zero attached hydrogens (tertiary/aromatic N) is 2. The van der Waals surface area contributed by atoms with E-state index < -0.39 is 0 Å². The monoisotopic (exact) mass is 301 g/mol. The lowest BCUT2D eigenvalue weighted by Gasteiger charge is -2.35. The Hall–Kier alpha value is -0.680. The van der Waals surface area contributed by atoms with E-state index in [4.69, 9.17) is 0 Å². The Morgan fingerprint density at radius 2 is 2.35 bits per heavy atom. The van der Waals surface area contributed by atoms with Crippen LogP contribution < -0.4 is 5.32 Å². The van der Waals surface area contributed by atoms with E-state index in [1.807, 2.05) is 0 Å². The highest BCUT2D eigenvalue weighted by atomic mass is 79.9. The summed E-state index contributed by atoms with van der Waals surface area (Å²) in [5, 5.41) is 3.21. The molecule has 0 bridgehead atoms. The summed E-state index contributed by atoms with van der Waals surface area (Å²) >= 11 is 3.20. The molecule has 0 spiro atoms. The number of likely N-dealkylation sites (tertiary alicyclic amines) is 1. The predicted molar refractivity (Wildman–Crippen MR) is 70.6 cm³/mol. The molecule has 1 fully saturated rings. The Morgan fingerprint density at radius 1 is 1.59 bits per heavy atom. The van der Waals surface area contributed by atoms with Gasteiger partial charge >= 0.3 is 0 Å². The van der Waals surface area contributed by atoms with Gasteiger partial charge in [0.2, 0.25) is 0 Å². The van der Waals surface area contributed by atoms with Crippen LogP contribution in [0.15, 0.2) is 16.7 Å². The molecule has 0 amide bonds. The van der Waals surface area contributed by atoms with E-state index in [-0.39, 0.29) is 5.82 Å². The van der Waals surface area contributed by atoms with Crippen molar-refractivity contribution < 1.29 is 4.39 Å². The van der Waals surface area contributed by atoms with Gasteiger partial charge in [0.1, 0.15) is 0 Å². The van der Waals surface area contributed by atoms with Crippen molar-refractivity contribution in [1.82, 2.24) is 9.88 Å². The summed E-state index contributed by atoms with van der Waals surface area (Å²) in [6, 6.07) is 1.74. The molecule has 2 atom stereocenters. The first-order valence-corrected chi connectivity index (χ1v) is 6.61. The largest absolute Gasteiger partial charge is 0.365 e. The third-order valence-electron chi connectivity index (χ3n) is 3.24. The average molecular weight is 302 g/mol. The molecule has 1 aliphatic heterocycles. The van der Waals surface area contributed by atoms with E-state index in [0.29, 0.717) is 22.3 Å². The molecule has 2 rings (SSSR count). The summed E-state index contributed by atoms with van der Waals surface area (Å²) in [4.78, 5) is 6.38. The Balaban J connectivity index is 2.05. The number of hydrogen-bond donors (Lipinski definition) is 1. The van der Waals surface area contributed by atoms with Gasteiger partial charge in [-0.1, -0.05) is 6.92 Å². The van der Waals surface area contributed by atoms with Gasteiger partial charge in [-0.15, -0.1) is 0 Å². The van der Waals surface area contributed by atoms with Crippen molar-refractivity contribution in [3.63, 3.8) is 0 Å². The van der Waals surface area contributed by atoms with Crippen molar-refractivity contribution in [1.29, 1.82) is 0 Å². The lowest BCUT2D eigenvalue weighted by molar-refractivity contribution is 0.205. The molecule has 1 saturated heterocycles. The fourth-order valence-corrected chi connectivity index (χ4v) is 2.57. The topological polar surface area (TPSA) is 28.2 Å². The molecule has 0 aliphatic carbocycles. The van der Waals surface area contributed by atoms with Crippen LogP contribution in [0, 0.1) is 11.7 Å². The molecule has 17 heavy (non-hydrogen) atoms. The molecule has 2 heterocycles. The maximum atomic E-state index is 13.6. The number of rotatable bonds is 2. The molecule has 1 aliphatic rings. The van der Waals surface area contributed by atoms with Gasteiger partial charge < -0.3 is 10.2 Å². The first-order chi connectivity index (χ1) is 8.06. The van der Waals surface area contributed by atoms with Gasteiger partial charge in [0.25, 0.3) is 0 Å². The normalized spacial score (nSPS) is 25.9. The van der Waals surface area contributed by atoms with Crippen LogP contribution in [0.3, 0.4) is 0 Å². The van der Waals surface area contributed by atoms with Crippen LogP contribution in [0.2, 0.25) is 0 Å². The van der Waals surface area contributed by atoms with E-state index in [2.05, 4.69) is 45.1 Å². The number of anilines is 1. The quantitative estimate of drug-likeness (QED) is 0.910. The second-order valence-corrected chi connectivity index (χ2v) is 5.68. The average Bonchev–Trinajstić information content (AvgIpc) is 2.25. The van der Waals surface area contributed by atoms with Gasteiger partial charge in [-0.25, -0.2) is 9.37 Å². The number of aromatic nitrogens is 1. The number of pyridine rings is 1. The SMILES string of the molecule is CC1CN(C)CCC1Nc1ncc(Br)cc1F. The molecule has 0 aromatic carbocycles. The van der Waals surface area contributed by atoms with Crippen LogP contribution in [-0.4, -0.2) is 36.1 Å². The summed E-state index contributed by atoms with van der Waals surface area (Å²) in [5.41, 5.74) is 0. The number of nitrogens with one attached hydrogen (secondary N) is 1. The van der Waals surface area contributed by atoms with Crippen LogP contribution in [0.5, 0.6) is 0 Å². The third kappa shape index (κ3) is 3.16. The Bertz CT molecular complexity index is 399. The fourth-order valence-electron chi connectivity index (χ4n) is 2.26. The second-order valence-electron chi connectivity index (χ2n) is 4.76. The minimum absolute atomic E-state index is 0.300. The lowest BCUT2D eigenvalue weighted by Crippen LogP contribution is -2.43. The summed E-state index contributed by atoms with van der Waals surface area (Å²) in [5.74, 6) is 0.554. The lowest BCUT2D eigenvalue weighted by atomic mass is 9.94. The summed E-state index contributed by atoms with van der Waals surface area (Å²) in [6.07, 6.45) is 2.64. The molecule has 0 radical (unpaired) electrons. The zero-order valence-corrected chi connectivity index (χ0v) is 11.7. The van der Waals surface area contributed by atoms with Gasteiger partial charge in [-0.2, -0.15) is 0 Å². The van der Waals surface area contributed by atoms with Crippen molar-refractivity contribution in [2.45, 2.75) is 19.4 Å². The van der Waals surface area contributed by atoms with E-state index in [0.717, 1.165) is 19.5 Å². The zero-order chi connectivity index (χ0) is 12.4. The molecular formula is C12H17BrFN3.